The van der Waals surface area contributed by atoms with E-state index in [-0.39, 0.29) is 31.6 Å². The van der Waals surface area contributed by atoms with E-state index >= 15 is 4.79 Å². The molecular weight excluding hydrogens is 608 g/mol. The minimum Gasteiger partial charge on any atom is -0.507 e. The Balaban J connectivity index is 1.47. The number of amides is 4. The number of para-hydroxylation sites is 1. The van der Waals surface area contributed by atoms with Crippen LogP contribution in [0.25, 0.3) is 0 Å². The number of hydrogen-bond acceptors (Lipinski definition) is 6. The first-order chi connectivity index (χ1) is 22.1. The fourth-order valence-corrected chi connectivity index (χ4v) is 8.68. The van der Waals surface area contributed by atoms with Crippen LogP contribution < -0.4 is 4.90 Å². The second-order valence-corrected chi connectivity index (χ2v) is 13.0. The maximum atomic E-state index is 15.2. The summed E-state index contributed by atoms with van der Waals surface area (Å²) in [7, 11) is 0. The summed E-state index contributed by atoms with van der Waals surface area (Å²) in [5.41, 5.74) is 1.20. The molecule has 2 aliphatic heterocycles. The van der Waals surface area contributed by atoms with Crippen molar-refractivity contribution in [1.82, 2.24) is 4.90 Å². The van der Waals surface area contributed by atoms with Gasteiger partial charge in [0.15, 0.2) is 0 Å². The van der Waals surface area contributed by atoms with Crippen LogP contribution in [-0.4, -0.2) is 51.3 Å². The van der Waals surface area contributed by atoms with Crippen molar-refractivity contribution in [1.29, 1.82) is 0 Å². The van der Waals surface area contributed by atoms with Gasteiger partial charge in [0.05, 0.1) is 35.3 Å². The summed E-state index contributed by atoms with van der Waals surface area (Å²) in [6.45, 7) is 1.53. The van der Waals surface area contributed by atoms with Gasteiger partial charge in [0.1, 0.15) is 5.75 Å². The fourth-order valence-electron chi connectivity index (χ4n) is 8.50. The van der Waals surface area contributed by atoms with Gasteiger partial charge >= 0.3 is 5.97 Å². The highest BCUT2D eigenvalue weighted by atomic mass is 35.5. The van der Waals surface area contributed by atoms with Crippen molar-refractivity contribution in [2.45, 2.75) is 37.5 Å². The molecule has 46 heavy (non-hydrogen) atoms. The number of benzene rings is 3. The van der Waals surface area contributed by atoms with E-state index in [1.165, 1.54) is 4.90 Å². The van der Waals surface area contributed by atoms with Crippen molar-refractivity contribution in [2.24, 2.45) is 23.7 Å². The number of phenols is 1. The van der Waals surface area contributed by atoms with Gasteiger partial charge < -0.3 is 10.2 Å². The quantitative estimate of drug-likeness (QED) is 0.287. The van der Waals surface area contributed by atoms with Crippen LogP contribution in [0.5, 0.6) is 5.75 Å². The lowest BCUT2D eigenvalue weighted by Gasteiger charge is -2.50. The first kappa shape index (κ1) is 29.9. The number of halogens is 1. The van der Waals surface area contributed by atoms with E-state index in [0.717, 1.165) is 10.5 Å². The van der Waals surface area contributed by atoms with Gasteiger partial charge in [-0.2, -0.15) is 0 Å². The number of hydrogen-bond donors (Lipinski definition) is 2. The number of fused-ring (bicyclic) bond motifs is 4. The van der Waals surface area contributed by atoms with E-state index in [0.29, 0.717) is 27.4 Å². The zero-order valence-electron chi connectivity index (χ0n) is 24.9. The maximum Gasteiger partial charge on any atom is 0.305 e. The number of nitrogens with zero attached hydrogens (tertiary/aromatic N) is 2. The molecule has 0 aromatic heterocycles. The molecule has 10 heteroatoms. The van der Waals surface area contributed by atoms with Crippen LogP contribution in [0.1, 0.15) is 41.9 Å². The first-order valence-electron chi connectivity index (χ1n) is 15.3. The van der Waals surface area contributed by atoms with Crippen molar-refractivity contribution < 1.29 is 34.2 Å². The monoisotopic (exact) mass is 638 g/mol. The van der Waals surface area contributed by atoms with Gasteiger partial charge in [-0.25, -0.2) is 4.90 Å². The number of carbonyl (C=O) groups excluding carboxylic acids is 4. The van der Waals surface area contributed by atoms with E-state index in [1.807, 2.05) is 36.4 Å². The number of carboxylic acid groups (broad SMARTS) is 1. The Morgan fingerprint density at radius 3 is 2.39 bits per heavy atom. The van der Waals surface area contributed by atoms with Crippen molar-refractivity contribution in [2.75, 3.05) is 11.4 Å². The molecule has 4 aliphatic rings. The number of anilines is 1. The Bertz CT molecular complexity index is 1860. The molecule has 2 saturated heterocycles. The standard InChI is InChI=1S/C36H31ClN2O7/c1-19-7-5-12-25(31(19)42)30-23-13-14-24-29(34(45)38(32(24)43)16-15-28(40)41)26(23)18-27-33(44)39(22-11-6-10-21(37)17-22)35(46)36(27,30)20-8-3-2-4-9-20/h2-13,17,24,26-27,29-30,42H,14-16,18H2,1H3,(H,40,41)/t24-,26+,27-,29-,30+,36+/m0/s1. The molecule has 6 atom stereocenters. The SMILES string of the molecule is Cc1cccc([C@H]2C3=CC[C@@H]4C(=O)N(CCC(=O)O)C(=O)[C@@H]4[C@@H]3C[C@H]3C(=O)N(c4cccc(Cl)c4)C(=O)[C@@]23c2ccccc2)c1O. The molecule has 0 bridgehead atoms. The molecule has 3 fully saturated rings. The van der Waals surface area contributed by atoms with Crippen LogP contribution in [0.3, 0.4) is 0 Å². The van der Waals surface area contributed by atoms with Crippen LogP contribution in [0, 0.1) is 30.6 Å². The molecule has 1 saturated carbocycles. The van der Waals surface area contributed by atoms with E-state index in [4.69, 9.17) is 11.6 Å². The Hall–Kier alpha value is -4.76. The van der Waals surface area contributed by atoms with Crippen molar-refractivity contribution in [3.63, 3.8) is 0 Å². The van der Waals surface area contributed by atoms with Gasteiger partial charge in [-0.05, 0) is 55.0 Å². The van der Waals surface area contributed by atoms with Gasteiger partial charge in [0.2, 0.25) is 23.6 Å². The Morgan fingerprint density at radius 1 is 0.935 bits per heavy atom. The smallest absolute Gasteiger partial charge is 0.305 e. The second-order valence-electron chi connectivity index (χ2n) is 12.6. The fraction of sp³-hybridized carbons (Fsp3) is 0.306. The molecule has 0 unspecified atom stereocenters. The highest BCUT2D eigenvalue weighted by Gasteiger charge is 2.70. The zero-order valence-corrected chi connectivity index (χ0v) is 25.7. The molecule has 4 amide bonds. The molecule has 2 N–H and O–H groups in total. The minimum absolute atomic E-state index is 0.0106. The third-order valence-electron chi connectivity index (χ3n) is 10.4. The number of carbonyl (C=O) groups is 5. The van der Waals surface area contributed by atoms with Crippen LogP contribution in [-0.2, 0) is 29.4 Å². The molecule has 234 valence electrons. The van der Waals surface area contributed by atoms with Crippen molar-refractivity contribution in [3.05, 3.63) is 106 Å². The van der Waals surface area contributed by atoms with Gasteiger partial charge in [-0.15, -0.1) is 0 Å². The Kier molecular flexibility index (Phi) is 7.12. The number of aliphatic carboxylic acids is 1. The number of imide groups is 2. The maximum absolute atomic E-state index is 15.2. The number of aromatic hydroxyl groups is 1. The Morgan fingerprint density at radius 2 is 1.67 bits per heavy atom. The average Bonchev–Trinajstić information content (AvgIpc) is 3.42. The summed E-state index contributed by atoms with van der Waals surface area (Å²) in [4.78, 5) is 70.8. The summed E-state index contributed by atoms with van der Waals surface area (Å²) >= 11 is 6.33. The molecule has 2 aliphatic carbocycles. The van der Waals surface area contributed by atoms with Gasteiger partial charge in [-0.3, -0.25) is 28.9 Å². The molecule has 7 rings (SSSR count). The normalized spacial score (nSPS) is 28.6. The molecule has 3 aromatic rings. The van der Waals surface area contributed by atoms with Crippen LogP contribution in [0.2, 0.25) is 5.02 Å². The van der Waals surface area contributed by atoms with E-state index in [1.54, 1.807) is 49.4 Å². The molecular formula is C36H31ClN2O7. The predicted molar refractivity (Wildman–Crippen MR) is 168 cm³/mol. The number of rotatable bonds is 6. The van der Waals surface area contributed by atoms with Gasteiger partial charge in [-0.1, -0.05) is 77.8 Å². The lowest BCUT2D eigenvalue weighted by Crippen LogP contribution is -2.53. The first-order valence-corrected chi connectivity index (χ1v) is 15.7. The average molecular weight is 639 g/mol. The molecule has 2 heterocycles. The lowest BCUT2D eigenvalue weighted by molar-refractivity contribution is -0.142. The zero-order chi connectivity index (χ0) is 32.5. The van der Waals surface area contributed by atoms with Gasteiger partial charge in [0, 0.05) is 23.0 Å². The predicted octanol–water partition coefficient (Wildman–Crippen LogP) is 4.99. The summed E-state index contributed by atoms with van der Waals surface area (Å²) in [5.74, 6) is -6.86. The summed E-state index contributed by atoms with van der Waals surface area (Å²) in [6.07, 6.45) is 1.86. The highest BCUT2D eigenvalue weighted by molar-refractivity contribution is 6.32. The van der Waals surface area contributed by atoms with Gasteiger partial charge in [0.25, 0.3) is 0 Å². The van der Waals surface area contributed by atoms with Crippen molar-refractivity contribution >= 4 is 46.9 Å². The Labute approximate surface area is 270 Å². The third kappa shape index (κ3) is 4.17. The summed E-state index contributed by atoms with van der Waals surface area (Å²) in [6, 6.07) is 20.9. The topological polar surface area (TPSA) is 132 Å². The summed E-state index contributed by atoms with van der Waals surface area (Å²) < 4.78 is 0. The number of likely N-dealkylation sites (tertiary alicyclic amines) is 1. The third-order valence-corrected chi connectivity index (χ3v) is 10.6. The van der Waals surface area contributed by atoms with Crippen molar-refractivity contribution in [3.8, 4) is 5.75 Å². The summed E-state index contributed by atoms with van der Waals surface area (Å²) in [5, 5.41) is 21.2. The minimum atomic E-state index is -1.49. The van der Waals surface area contributed by atoms with E-state index in [9.17, 15) is 29.4 Å². The highest BCUT2D eigenvalue weighted by Crippen LogP contribution is 2.65. The number of phenolic OH excluding ortho intramolecular Hbond substituents is 1. The molecule has 0 spiro atoms. The lowest BCUT2D eigenvalue weighted by atomic mass is 9.49. The van der Waals surface area contributed by atoms with E-state index in [2.05, 4.69) is 0 Å². The van der Waals surface area contributed by atoms with Crippen LogP contribution >= 0.6 is 11.6 Å². The molecule has 0 radical (unpaired) electrons. The number of carboxylic acids is 1. The number of allylic oxidation sites excluding steroid dienone is 2. The van der Waals surface area contributed by atoms with E-state index < -0.39 is 64.6 Å². The molecule has 9 nitrogen and oxygen atoms in total. The molecule has 3 aromatic carbocycles. The largest absolute Gasteiger partial charge is 0.507 e. The van der Waals surface area contributed by atoms with Crippen LogP contribution in [0.15, 0.2) is 84.4 Å². The second kappa shape index (κ2) is 10.9. The van der Waals surface area contributed by atoms with Crippen LogP contribution in [0.4, 0.5) is 5.69 Å². The number of aryl methyl sites for hydroxylation is 1.